The van der Waals surface area contributed by atoms with Gasteiger partial charge >= 0.3 is 0 Å². The molecule has 0 aliphatic carbocycles. The van der Waals surface area contributed by atoms with Crippen LogP contribution in [0.25, 0.3) is 10.9 Å². The van der Waals surface area contributed by atoms with Crippen LogP contribution in [0.3, 0.4) is 0 Å². The number of aromatic nitrogens is 2. The summed E-state index contributed by atoms with van der Waals surface area (Å²) in [7, 11) is 1.39. The average Bonchev–Trinajstić information content (AvgIpc) is 2.68. The van der Waals surface area contributed by atoms with Gasteiger partial charge in [-0.05, 0) is 42.8 Å². The zero-order valence-corrected chi connectivity index (χ0v) is 16.2. The number of halogens is 2. The molecule has 1 aromatic heterocycles. The summed E-state index contributed by atoms with van der Waals surface area (Å²) >= 11 is 5.92. The molecule has 0 bridgehead atoms. The molecule has 28 heavy (non-hydrogen) atoms. The second-order valence-corrected chi connectivity index (χ2v) is 6.65. The van der Waals surface area contributed by atoms with E-state index in [-0.39, 0.29) is 30.3 Å². The molecular weight excluding hydrogens is 385 g/mol. The van der Waals surface area contributed by atoms with Gasteiger partial charge in [-0.25, -0.2) is 9.37 Å². The van der Waals surface area contributed by atoms with E-state index in [2.05, 4.69) is 4.98 Å². The maximum atomic E-state index is 13.9. The number of carbonyl (C=O) groups excluding carboxylic acids is 1. The first-order valence-corrected chi connectivity index (χ1v) is 9.05. The largest absolute Gasteiger partial charge is 0.494 e. The molecule has 0 unspecified atom stereocenters. The molecule has 0 atom stereocenters. The van der Waals surface area contributed by atoms with E-state index in [9.17, 15) is 14.0 Å². The number of rotatable bonds is 6. The summed E-state index contributed by atoms with van der Waals surface area (Å²) < 4.78 is 20.1. The zero-order valence-electron chi connectivity index (χ0n) is 15.5. The summed E-state index contributed by atoms with van der Waals surface area (Å²) in [6.45, 7) is 2.30. The lowest BCUT2D eigenvalue weighted by atomic mass is 10.2. The van der Waals surface area contributed by atoms with E-state index >= 15 is 0 Å². The number of nitrogens with zero attached hydrogens (tertiary/aromatic N) is 3. The number of hydrogen-bond acceptors (Lipinski definition) is 4. The van der Waals surface area contributed by atoms with Gasteiger partial charge < -0.3 is 9.64 Å². The fraction of sp³-hybridized carbons (Fsp3) is 0.250. The van der Waals surface area contributed by atoms with Crippen LogP contribution in [0, 0.1) is 5.82 Å². The molecule has 0 aliphatic heterocycles. The number of fused-ring (bicyclic) bond motifs is 1. The van der Waals surface area contributed by atoms with E-state index in [4.69, 9.17) is 16.3 Å². The molecule has 2 aromatic carbocycles. The second-order valence-electron chi connectivity index (χ2n) is 6.22. The Labute approximate surface area is 166 Å². The molecule has 0 N–H and O–H groups in total. The Morgan fingerprint density at radius 2 is 2.07 bits per heavy atom. The predicted octanol–water partition coefficient (Wildman–Crippen LogP) is 3.25. The Balaban J connectivity index is 1.79. The molecule has 146 valence electrons. The van der Waals surface area contributed by atoms with Crippen LogP contribution in [0.4, 0.5) is 4.39 Å². The Kier molecular flexibility index (Phi) is 5.94. The maximum absolute atomic E-state index is 13.9. The third kappa shape index (κ3) is 4.14. The van der Waals surface area contributed by atoms with Crippen molar-refractivity contribution in [1.29, 1.82) is 0 Å². The van der Waals surface area contributed by atoms with E-state index in [1.165, 1.54) is 30.1 Å². The third-order valence-electron chi connectivity index (χ3n) is 4.42. The standard InChI is InChI=1S/C20H19ClFN3O3/c1-3-24(10-13-4-7-18(28-2)16(22)8-13)19(26)11-25-12-23-17-9-14(21)5-6-15(17)20(25)27/h4-9,12H,3,10-11H2,1-2H3. The van der Waals surface area contributed by atoms with Crippen molar-refractivity contribution in [3.8, 4) is 5.75 Å². The van der Waals surface area contributed by atoms with Crippen LogP contribution in [0.5, 0.6) is 5.75 Å². The van der Waals surface area contributed by atoms with E-state index in [1.54, 1.807) is 29.2 Å². The fourth-order valence-corrected chi connectivity index (χ4v) is 3.06. The lowest BCUT2D eigenvalue weighted by Gasteiger charge is -2.21. The molecule has 8 heteroatoms. The van der Waals surface area contributed by atoms with E-state index in [0.29, 0.717) is 28.0 Å². The normalized spacial score (nSPS) is 10.9. The summed E-state index contributed by atoms with van der Waals surface area (Å²) in [6, 6.07) is 9.35. The van der Waals surface area contributed by atoms with Gasteiger partial charge in [-0.1, -0.05) is 17.7 Å². The van der Waals surface area contributed by atoms with Gasteiger partial charge in [0, 0.05) is 18.1 Å². The number of benzene rings is 2. The maximum Gasteiger partial charge on any atom is 0.261 e. The quantitative estimate of drug-likeness (QED) is 0.633. The molecule has 3 aromatic rings. The van der Waals surface area contributed by atoms with Gasteiger partial charge in [0.1, 0.15) is 6.54 Å². The van der Waals surface area contributed by atoms with Crippen molar-refractivity contribution in [3.63, 3.8) is 0 Å². The molecule has 0 radical (unpaired) electrons. The first kappa shape index (κ1) is 19.8. The number of amides is 1. The van der Waals surface area contributed by atoms with Crippen molar-refractivity contribution in [1.82, 2.24) is 14.5 Å². The van der Waals surface area contributed by atoms with Crippen molar-refractivity contribution >= 4 is 28.4 Å². The third-order valence-corrected chi connectivity index (χ3v) is 4.65. The Morgan fingerprint density at radius 3 is 2.75 bits per heavy atom. The SMILES string of the molecule is CCN(Cc1ccc(OC)c(F)c1)C(=O)Cn1cnc2cc(Cl)ccc2c1=O. The predicted molar refractivity (Wildman–Crippen MR) is 105 cm³/mol. The topological polar surface area (TPSA) is 64.4 Å². The van der Waals surface area contributed by atoms with Gasteiger partial charge in [0.05, 0.1) is 24.3 Å². The summed E-state index contributed by atoms with van der Waals surface area (Å²) in [5, 5.41) is 0.872. The second kappa shape index (κ2) is 8.39. The van der Waals surface area contributed by atoms with Crippen LogP contribution in [0.15, 0.2) is 47.5 Å². The van der Waals surface area contributed by atoms with Gasteiger partial charge in [0.15, 0.2) is 11.6 Å². The monoisotopic (exact) mass is 403 g/mol. The van der Waals surface area contributed by atoms with Crippen molar-refractivity contribution in [2.45, 2.75) is 20.0 Å². The molecule has 1 heterocycles. The highest BCUT2D eigenvalue weighted by Crippen LogP contribution is 2.19. The number of carbonyl (C=O) groups is 1. The summed E-state index contributed by atoms with van der Waals surface area (Å²) in [5.41, 5.74) is 0.788. The molecule has 0 spiro atoms. The zero-order chi connectivity index (χ0) is 20.3. The van der Waals surface area contributed by atoms with Gasteiger partial charge in [0.25, 0.3) is 5.56 Å². The molecule has 0 saturated carbocycles. The van der Waals surface area contributed by atoms with E-state index in [1.807, 2.05) is 6.92 Å². The Morgan fingerprint density at radius 1 is 1.29 bits per heavy atom. The molecule has 3 rings (SSSR count). The first-order valence-electron chi connectivity index (χ1n) is 8.67. The Hall–Kier alpha value is -2.93. The van der Waals surface area contributed by atoms with E-state index in [0.717, 1.165) is 0 Å². The average molecular weight is 404 g/mol. The van der Waals surface area contributed by atoms with Gasteiger partial charge in [-0.3, -0.25) is 14.2 Å². The van der Waals surface area contributed by atoms with Crippen molar-refractivity contribution < 1.29 is 13.9 Å². The highest BCUT2D eigenvalue weighted by Gasteiger charge is 2.16. The van der Waals surface area contributed by atoms with Crippen LogP contribution in [0.2, 0.25) is 5.02 Å². The van der Waals surface area contributed by atoms with E-state index < -0.39 is 5.82 Å². The lowest BCUT2D eigenvalue weighted by Crippen LogP contribution is -2.36. The molecule has 0 aliphatic rings. The van der Waals surface area contributed by atoms with Crippen LogP contribution in [-0.4, -0.2) is 34.0 Å². The lowest BCUT2D eigenvalue weighted by molar-refractivity contribution is -0.132. The van der Waals surface area contributed by atoms with Crippen molar-refractivity contribution in [2.75, 3.05) is 13.7 Å². The summed E-state index contributed by atoms with van der Waals surface area (Å²) in [4.78, 5) is 31.0. The molecule has 0 saturated heterocycles. The first-order chi connectivity index (χ1) is 13.4. The molecule has 1 amide bonds. The number of hydrogen-bond donors (Lipinski definition) is 0. The van der Waals surface area contributed by atoms with Crippen molar-refractivity contribution in [2.24, 2.45) is 0 Å². The highest BCUT2D eigenvalue weighted by molar-refractivity contribution is 6.31. The molecule has 6 nitrogen and oxygen atoms in total. The molecular formula is C20H19ClFN3O3. The van der Waals surface area contributed by atoms with Crippen LogP contribution < -0.4 is 10.3 Å². The van der Waals surface area contributed by atoms with Crippen molar-refractivity contribution in [3.05, 3.63) is 69.5 Å². The Bertz CT molecular complexity index is 1080. The minimum Gasteiger partial charge on any atom is -0.494 e. The summed E-state index contributed by atoms with van der Waals surface area (Å²) in [5.74, 6) is -0.611. The van der Waals surface area contributed by atoms with Gasteiger partial charge in [0.2, 0.25) is 5.91 Å². The smallest absolute Gasteiger partial charge is 0.261 e. The number of ether oxygens (including phenoxy) is 1. The molecule has 0 fully saturated rings. The fourth-order valence-electron chi connectivity index (χ4n) is 2.89. The van der Waals surface area contributed by atoms with Crippen LogP contribution in [0.1, 0.15) is 12.5 Å². The minimum absolute atomic E-state index is 0.145. The number of methoxy groups -OCH3 is 1. The number of likely N-dealkylation sites (N-methyl/N-ethyl adjacent to an activating group) is 1. The van der Waals surface area contributed by atoms with Crippen LogP contribution >= 0.6 is 11.6 Å². The van der Waals surface area contributed by atoms with Gasteiger partial charge in [-0.15, -0.1) is 0 Å². The van der Waals surface area contributed by atoms with Gasteiger partial charge in [-0.2, -0.15) is 0 Å². The minimum atomic E-state index is -0.489. The van der Waals surface area contributed by atoms with Crippen LogP contribution in [-0.2, 0) is 17.9 Å². The summed E-state index contributed by atoms with van der Waals surface area (Å²) in [6.07, 6.45) is 1.33. The highest BCUT2D eigenvalue weighted by atomic mass is 35.5.